The second kappa shape index (κ2) is 2.81. The first-order valence-corrected chi connectivity index (χ1v) is 4.27. The van der Waals surface area contributed by atoms with Crippen LogP contribution in [0.1, 0.15) is 10.4 Å². The van der Waals surface area contributed by atoms with Crippen molar-refractivity contribution in [1.29, 1.82) is 0 Å². The van der Waals surface area contributed by atoms with Crippen LogP contribution in [0.5, 0.6) is 0 Å². The van der Waals surface area contributed by atoms with Gasteiger partial charge in [-0.05, 0) is 28.1 Å². The quantitative estimate of drug-likeness (QED) is 0.774. The fourth-order valence-electron chi connectivity index (χ4n) is 1.05. The lowest BCUT2D eigenvalue weighted by molar-refractivity contribution is 0.100. The first-order valence-electron chi connectivity index (χ1n) is 3.48. The Hall–Kier alpha value is -1.43. The van der Waals surface area contributed by atoms with Crippen molar-refractivity contribution in [2.75, 3.05) is 0 Å². The van der Waals surface area contributed by atoms with Crippen LogP contribution >= 0.6 is 15.9 Å². The molecule has 0 saturated heterocycles. The van der Waals surface area contributed by atoms with Crippen molar-refractivity contribution in [2.24, 2.45) is 5.73 Å². The summed E-state index contributed by atoms with van der Waals surface area (Å²) in [5.41, 5.74) is 6.83. The summed E-state index contributed by atoms with van der Waals surface area (Å²) in [6.07, 6.45) is 0. The molecule has 1 aromatic carbocycles. The number of hydrogen-bond acceptors (Lipinski definition) is 3. The Morgan fingerprint density at radius 1 is 1.46 bits per heavy atom. The highest BCUT2D eigenvalue weighted by Crippen LogP contribution is 2.21. The lowest BCUT2D eigenvalue weighted by Gasteiger charge is -1.95. The molecule has 1 heterocycles. The molecule has 0 spiro atoms. The van der Waals surface area contributed by atoms with Gasteiger partial charge in [0.1, 0.15) is 11.0 Å². The number of carbonyl (C=O) groups is 1. The molecule has 0 radical (unpaired) electrons. The zero-order valence-corrected chi connectivity index (χ0v) is 8.00. The van der Waals surface area contributed by atoms with E-state index < -0.39 is 5.91 Å². The molecule has 0 atom stereocenters. The van der Waals surface area contributed by atoms with Gasteiger partial charge in [0.05, 0.1) is 0 Å². The number of nitrogens with two attached hydrogens (primary N) is 1. The highest BCUT2D eigenvalue weighted by atomic mass is 79.9. The van der Waals surface area contributed by atoms with Gasteiger partial charge in [-0.2, -0.15) is 15.4 Å². The SMILES string of the molecule is NC(=O)c1cc(Br)c2n[nH]nc2c1. The molecule has 3 N–H and O–H groups in total. The summed E-state index contributed by atoms with van der Waals surface area (Å²) in [5.74, 6) is -0.481. The van der Waals surface area contributed by atoms with Crippen molar-refractivity contribution in [3.8, 4) is 0 Å². The highest BCUT2D eigenvalue weighted by molar-refractivity contribution is 9.10. The molecule has 5 nitrogen and oxygen atoms in total. The molecule has 2 rings (SSSR count). The second-order valence-corrected chi connectivity index (χ2v) is 3.37. The smallest absolute Gasteiger partial charge is 0.248 e. The van der Waals surface area contributed by atoms with Crippen molar-refractivity contribution >= 4 is 32.9 Å². The first-order chi connectivity index (χ1) is 6.18. The van der Waals surface area contributed by atoms with Gasteiger partial charge in [0.2, 0.25) is 5.91 Å². The fourth-order valence-corrected chi connectivity index (χ4v) is 1.59. The molecular weight excluding hydrogens is 236 g/mol. The van der Waals surface area contributed by atoms with Crippen molar-refractivity contribution in [2.45, 2.75) is 0 Å². The van der Waals surface area contributed by atoms with Gasteiger partial charge in [-0.15, -0.1) is 0 Å². The maximum atomic E-state index is 10.9. The Balaban J connectivity index is 2.77. The normalized spacial score (nSPS) is 10.5. The number of halogens is 1. The molecule has 0 aliphatic rings. The molecule has 1 amide bonds. The van der Waals surface area contributed by atoms with Crippen LogP contribution in [0.4, 0.5) is 0 Å². The minimum absolute atomic E-state index is 0.410. The molecule has 0 aliphatic carbocycles. The molecule has 13 heavy (non-hydrogen) atoms. The van der Waals surface area contributed by atoms with Gasteiger partial charge in [-0.1, -0.05) is 0 Å². The van der Waals surface area contributed by atoms with Crippen LogP contribution in [0.25, 0.3) is 11.0 Å². The van der Waals surface area contributed by atoms with Crippen LogP contribution in [0, 0.1) is 0 Å². The summed E-state index contributed by atoms with van der Waals surface area (Å²) in [6, 6.07) is 3.21. The van der Waals surface area contributed by atoms with Crippen LogP contribution in [0.3, 0.4) is 0 Å². The molecule has 0 fully saturated rings. The Labute approximate surface area is 81.4 Å². The van der Waals surface area contributed by atoms with Crippen molar-refractivity contribution in [3.63, 3.8) is 0 Å². The lowest BCUT2D eigenvalue weighted by Crippen LogP contribution is -2.10. The number of amides is 1. The summed E-state index contributed by atoms with van der Waals surface area (Å²) in [5, 5.41) is 10.2. The van der Waals surface area contributed by atoms with Gasteiger partial charge >= 0.3 is 0 Å². The molecule has 1 aromatic heterocycles. The maximum Gasteiger partial charge on any atom is 0.248 e. The number of primary amides is 1. The van der Waals surface area contributed by atoms with E-state index in [2.05, 4.69) is 31.3 Å². The number of benzene rings is 1. The second-order valence-electron chi connectivity index (χ2n) is 2.51. The molecule has 0 bridgehead atoms. The van der Waals surface area contributed by atoms with Gasteiger partial charge in [0.25, 0.3) is 0 Å². The van der Waals surface area contributed by atoms with E-state index in [9.17, 15) is 4.79 Å². The topological polar surface area (TPSA) is 84.7 Å². The molecule has 0 aliphatic heterocycles. The van der Waals surface area contributed by atoms with Gasteiger partial charge < -0.3 is 5.73 Å². The molecular formula is C7H5BrN4O. The molecule has 6 heteroatoms. The van der Waals surface area contributed by atoms with Gasteiger partial charge in [-0.3, -0.25) is 4.79 Å². The molecule has 0 saturated carbocycles. The number of aromatic nitrogens is 3. The van der Waals surface area contributed by atoms with E-state index in [0.717, 1.165) is 0 Å². The molecule has 2 aromatic rings. The average Bonchev–Trinajstić information content (AvgIpc) is 2.51. The number of nitrogens with zero attached hydrogens (tertiary/aromatic N) is 2. The zero-order valence-electron chi connectivity index (χ0n) is 6.41. The van der Waals surface area contributed by atoms with E-state index in [4.69, 9.17) is 5.73 Å². The van der Waals surface area contributed by atoms with Gasteiger partial charge in [0.15, 0.2) is 0 Å². The van der Waals surface area contributed by atoms with E-state index >= 15 is 0 Å². The third kappa shape index (κ3) is 1.29. The minimum Gasteiger partial charge on any atom is -0.366 e. The van der Waals surface area contributed by atoms with Crippen molar-refractivity contribution in [1.82, 2.24) is 15.4 Å². The summed E-state index contributed by atoms with van der Waals surface area (Å²) in [4.78, 5) is 10.9. The van der Waals surface area contributed by atoms with Gasteiger partial charge in [-0.25, -0.2) is 0 Å². The number of nitrogens with one attached hydrogen (secondary N) is 1. The van der Waals surface area contributed by atoms with Crippen molar-refractivity contribution in [3.05, 3.63) is 22.2 Å². The zero-order chi connectivity index (χ0) is 9.42. The van der Waals surface area contributed by atoms with Crippen LogP contribution in [0.2, 0.25) is 0 Å². The summed E-state index contributed by atoms with van der Waals surface area (Å²) < 4.78 is 0.701. The van der Waals surface area contributed by atoms with E-state index in [1.165, 1.54) is 0 Å². The summed E-state index contributed by atoms with van der Waals surface area (Å²) >= 11 is 3.26. The van der Waals surface area contributed by atoms with Crippen LogP contribution < -0.4 is 5.73 Å². The number of hydrogen-bond donors (Lipinski definition) is 2. The van der Waals surface area contributed by atoms with Crippen LogP contribution in [0.15, 0.2) is 16.6 Å². The maximum absolute atomic E-state index is 10.9. The number of aromatic amines is 1. The first kappa shape index (κ1) is 8.18. The number of carbonyl (C=O) groups excluding carboxylic acids is 1. The van der Waals surface area contributed by atoms with E-state index in [0.29, 0.717) is 21.1 Å². The Morgan fingerprint density at radius 3 is 2.92 bits per heavy atom. The third-order valence-corrected chi connectivity index (χ3v) is 2.26. The van der Waals surface area contributed by atoms with E-state index in [1.807, 2.05) is 0 Å². The summed E-state index contributed by atoms with van der Waals surface area (Å²) in [6.45, 7) is 0. The Kier molecular flexibility index (Phi) is 1.77. The predicted octanol–water partition coefficient (Wildman–Crippen LogP) is 0.819. The highest BCUT2D eigenvalue weighted by Gasteiger charge is 2.08. The molecule has 66 valence electrons. The fraction of sp³-hybridized carbons (Fsp3) is 0. The van der Waals surface area contributed by atoms with Crippen LogP contribution in [-0.4, -0.2) is 21.3 Å². The minimum atomic E-state index is -0.481. The number of H-pyrrole nitrogens is 1. The Morgan fingerprint density at radius 2 is 2.23 bits per heavy atom. The van der Waals surface area contributed by atoms with Crippen molar-refractivity contribution < 1.29 is 4.79 Å². The van der Waals surface area contributed by atoms with E-state index in [-0.39, 0.29) is 0 Å². The predicted molar refractivity (Wildman–Crippen MR) is 50.1 cm³/mol. The van der Waals surface area contributed by atoms with Gasteiger partial charge in [0, 0.05) is 10.0 Å². The average molecular weight is 241 g/mol. The number of rotatable bonds is 1. The Bertz CT molecular complexity index is 478. The van der Waals surface area contributed by atoms with Crippen LogP contribution in [-0.2, 0) is 0 Å². The monoisotopic (exact) mass is 240 g/mol. The number of fused-ring (bicyclic) bond motifs is 1. The van der Waals surface area contributed by atoms with E-state index in [1.54, 1.807) is 12.1 Å². The molecule has 0 unspecified atom stereocenters. The largest absolute Gasteiger partial charge is 0.366 e. The summed E-state index contributed by atoms with van der Waals surface area (Å²) in [7, 11) is 0. The third-order valence-electron chi connectivity index (χ3n) is 1.66. The standard InChI is InChI=1S/C7H5BrN4O/c8-4-1-3(7(9)13)2-5-6(4)11-12-10-5/h1-2H,(H2,9,13)(H,10,11,12). The lowest BCUT2D eigenvalue weighted by atomic mass is 10.2.